The Morgan fingerprint density at radius 3 is 2.67 bits per heavy atom. The van der Waals surface area contributed by atoms with Gasteiger partial charge in [-0.2, -0.15) is 0 Å². The number of methoxy groups -OCH3 is 2. The summed E-state index contributed by atoms with van der Waals surface area (Å²) in [6.07, 6.45) is 1.87. The fourth-order valence-corrected chi connectivity index (χ4v) is 1.84. The van der Waals surface area contributed by atoms with Crippen LogP contribution in [0, 0.1) is 5.82 Å². The molecule has 0 bridgehead atoms. The van der Waals surface area contributed by atoms with Crippen LogP contribution in [0.1, 0.15) is 31.4 Å². The van der Waals surface area contributed by atoms with Crippen LogP contribution in [-0.2, 0) is 4.74 Å². The van der Waals surface area contributed by atoms with Gasteiger partial charge in [0.15, 0.2) is 11.6 Å². The van der Waals surface area contributed by atoms with Gasteiger partial charge >= 0.3 is 0 Å². The molecule has 0 saturated carbocycles. The van der Waals surface area contributed by atoms with Crippen LogP contribution in [0.3, 0.4) is 0 Å². The van der Waals surface area contributed by atoms with Crippen LogP contribution in [0.25, 0.3) is 0 Å². The van der Waals surface area contributed by atoms with Gasteiger partial charge in [-0.25, -0.2) is 4.39 Å². The first-order chi connectivity index (χ1) is 8.72. The summed E-state index contributed by atoms with van der Waals surface area (Å²) in [4.78, 5) is 0. The number of hydrogen-bond donors (Lipinski definition) is 1. The van der Waals surface area contributed by atoms with Crippen molar-refractivity contribution in [2.75, 3.05) is 27.4 Å². The monoisotopic (exact) mass is 255 g/mol. The van der Waals surface area contributed by atoms with Gasteiger partial charge in [0, 0.05) is 19.8 Å². The van der Waals surface area contributed by atoms with Crippen LogP contribution < -0.4 is 10.1 Å². The molecule has 3 nitrogen and oxygen atoms in total. The molecule has 18 heavy (non-hydrogen) atoms. The van der Waals surface area contributed by atoms with Gasteiger partial charge in [-0.15, -0.1) is 0 Å². The van der Waals surface area contributed by atoms with Crippen molar-refractivity contribution in [3.8, 4) is 5.75 Å². The fourth-order valence-electron chi connectivity index (χ4n) is 1.84. The molecule has 0 aliphatic rings. The summed E-state index contributed by atoms with van der Waals surface area (Å²) in [6.45, 7) is 3.66. The first-order valence-corrected chi connectivity index (χ1v) is 6.28. The van der Waals surface area contributed by atoms with Gasteiger partial charge in [0.1, 0.15) is 0 Å². The van der Waals surface area contributed by atoms with E-state index in [-0.39, 0.29) is 17.6 Å². The predicted molar refractivity (Wildman–Crippen MR) is 70.5 cm³/mol. The average Bonchev–Trinajstić information content (AvgIpc) is 2.39. The highest BCUT2D eigenvalue weighted by Crippen LogP contribution is 2.23. The van der Waals surface area contributed by atoms with E-state index in [0.29, 0.717) is 6.61 Å². The minimum absolute atomic E-state index is 0.116. The van der Waals surface area contributed by atoms with Gasteiger partial charge in [-0.3, -0.25) is 0 Å². The largest absolute Gasteiger partial charge is 0.494 e. The molecule has 0 aliphatic heterocycles. The Labute approximate surface area is 108 Å². The molecule has 0 heterocycles. The van der Waals surface area contributed by atoms with Crippen LogP contribution >= 0.6 is 0 Å². The first kappa shape index (κ1) is 14.9. The van der Waals surface area contributed by atoms with Crippen molar-refractivity contribution in [1.29, 1.82) is 0 Å². The third-order valence-electron chi connectivity index (χ3n) is 2.83. The van der Waals surface area contributed by atoms with Gasteiger partial charge in [-0.05, 0) is 37.1 Å². The van der Waals surface area contributed by atoms with E-state index in [4.69, 9.17) is 9.47 Å². The Kier molecular flexibility index (Phi) is 6.68. The van der Waals surface area contributed by atoms with Crippen molar-refractivity contribution < 1.29 is 13.9 Å². The van der Waals surface area contributed by atoms with E-state index in [1.165, 1.54) is 13.2 Å². The SMILES string of the molecule is CCCNC(CCOC)c1ccc(OC)c(F)c1. The molecule has 0 amide bonds. The second kappa shape index (κ2) is 8.06. The Balaban J connectivity index is 2.79. The Morgan fingerprint density at radius 1 is 1.33 bits per heavy atom. The summed E-state index contributed by atoms with van der Waals surface area (Å²) in [5, 5.41) is 3.40. The minimum Gasteiger partial charge on any atom is -0.494 e. The van der Waals surface area contributed by atoms with Gasteiger partial charge < -0.3 is 14.8 Å². The summed E-state index contributed by atoms with van der Waals surface area (Å²) in [5.74, 6) is -0.0459. The van der Waals surface area contributed by atoms with E-state index in [1.54, 1.807) is 13.2 Å². The quantitative estimate of drug-likeness (QED) is 0.774. The minimum atomic E-state index is -0.323. The van der Waals surface area contributed by atoms with E-state index in [9.17, 15) is 4.39 Å². The average molecular weight is 255 g/mol. The van der Waals surface area contributed by atoms with E-state index >= 15 is 0 Å². The molecule has 0 aromatic heterocycles. The molecule has 102 valence electrons. The second-order valence-corrected chi connectivity index (χ2v) is 4.18. The number of halogens is 1. The molecular formula is C14H22FNO2. The van der Waals surface area contributed by atoms with E-state index in [2.05, 4.69) is 12.2 Å². The van der Waals surface area contributed by atoms with E-state index in [0.717, 1.165) is 24.9 Å². The number of nitrogens with one attached hydrogen (secondary N) is 1. The smallest absolute Gasteiger partial charge is 0.165 e. The Morgan fingerprint density at radius 2 is 2.11 bits per heavy atom. The van der Waals surface area contributed by atoms with Crippen molar-refractivity contribution in [2.24, 2.45) is 0 Å². The van der Waals surface area contributed by atoms with Crippen LogP contribution in [0.5, 0.6) is 5.75 Å². The normalized spacial score (nSPS) is 12.4. The summed E-state index contributed by atoms with van der Waals surface area (Å²) >= 11 is 0. The third kappa shape index (κ3) is 4.27. The number of rotatable bonds is 8. The molecule has 0 spiro atoms. The van der Waals surface area contributed by atoms with Crippen LogP contribution in [0.2, 0.25) is 0 Å². The van der Waals surface area contributed by atoms with Crippen molar-refractivity contribution in [2.45, 2.75) is 25.8 Å². The van der Waals surface area contributed by atoms with E-state index < -0.39 is 0 Å². The molecule has 0 radical (unpaired) electrons. The van der Waals surface area contributed by atoms with Gasteiger partial charge in [0.25, 0.3) is 0 Å². The maximum atomic E-state index is 13.7. The second-order valence-electron chi connectivity index (χ2n) is 4.18. The topological polar surface area (TPSA) is 30.5 Å². The lowest BCUT2D eigenvalue weighted by Crippen LogP contribution is -2.23. The zero-order valence-electron chi connectivity index (χ0n) is 11.3. The first-order valence-electron chi connectivity index (χ1n) is 6.28. The van der Waals surface area contributed by atoms with Crippen LogP contribution in [0.15, 0.2) is 18.2 Å². The van der Waals surface area contributed by atoms with Crippen molar-refractivity contribution in [1.82, 2.24) is 5.32 Å². The highest BCUT2D eigenvalue weighted by Gasteiger charge is 2.13. The number of ether oxygens (including phenoxy) is 2. The molecule has 4 heteroatoms. The zero-order chi connectivity index (χ0) is 13.4. The van der Waals surface area contributed by atoms with Gasteiger partial charge in [0.2, 0.25) is 0 Å². The van der Waals surface area contributed by atoms with Crippen LogP contribution in [-0.4, -0.2) is 27.4 Å². The van der Waals surface area contributed by atoms with Gasteiger partial charge in [0.05, 0.1) is 7.11 Å². The van der Waals surface area contributed by atoms with Crippen molar-refractivity contribution in [3.63, 3.8) is 0 Å². The summed E-state index contributed by atoms with van der Waals surface area (Å²) in [5.41, 5.74) is 0.929. The summed E-state index contributed by atoms with van der Waals surface area (Å²) < 4.78 is 23.7. The number of hydrogen-bond acceptors (Lipinski definition) is 3. The molecule has 0 fully saturated rings. The lowest BCUT2D eigenvalue weighted by Gasteiger charge is -2.19. The molecule has 0 aliphatic carbocycles. The third-order valence-corrected chi connectivity index (χ3v) is 2.83. The highest BCUT2D eigenvalue weighted by molar-refractivity contribution is 5.31. The molecular weight excluding hydrogens is 233 g/mol. The zero-order valence-corrected chi connectivity index (χ0v) is 11.3. The summed E-state index contributed by atoms with van der Waals surface area (Å²) in [6, 6.07) is 5.20. The molecule has 1 aromatic carbocycles. The Hall–Kier alpha value is -1.13. The van der Waals surface area contributed by atoms with Gasteiger partial charge in [-0.1, -0.05) is 13.0 Å². The summed E-state index contributed by atoms with van der Waals surface area (Å²) in [7, 11) is 3.14. The Bertz CT molecular complexity index is 350. The molecule has 1 aromatic rings. The van der Waals surface area contributed by atoms with Crippen LogP contribution in [0.4, 0.5) is 4.39 Å². The maximum absolute atomic E-state index is 13.7. The molecule has 1 atom stereocenters. The predicted octanol–water partition coefficient (Wildman–Crippen LogP) is 2.91. The highest BCUT2D eigenvalue weighted by atomic mass is 19.1. The standard InChI is InChI=1S/C14H22FNO2/c1-4-8-16-13(7-9-17-2)11-5-6-14(18-3)12(15)10-11/h5-6,10,13,16H,4,7-9H2,1-3H3. The van der Waals surface area contributed by atoms with E-state index in [1.807, 2.05) is 6.07 Å². The lowest BCUT2D eigenvalue weighted by atomic mass is 10.0. The number of benzene rings is 1. The lowest BCUT2D eigenvalue weighted by molar-refractivity contribution is 0.183. The van der Waals surface area contributed by atoms with Crippen molar-refractivity contribution in [3.05, 3.63) is 29.6 Å². The molecule has 1 unspecified atom stereocenters. The maximum Gasteiger partial charge on any atom is 0.165 e. The molecule has 1 rings (SSSR count). The fraction of sp³-hybridized carbons (Fsp3) is 0.571. The molecule has 1 N–H and O–H groups in total. The van der Waals surface area contributed by atoms with Crippen molar-refractivity contribution >= 4 is 0 Å². The molecule has 0 saturated heterocycles.